The highest BCUT2D eigenvalue weighted by Gasteiger charge is 2.29. The molecular formula is C19H22N2O3. The first kappa shape index (κ1) is 16.3. The molecule has 2 N–H and O–H groups in total. The summed E-state index contributed by atoms with van der Waals surface area (Å²) in [5.74, 6) is 1.58. The Labute approximate surface area is 141 Å². The first-order valence-corrected chi connectivity index (χ1v) is 8.19. The summed E-state index contributed by atoms with van der Waals surface area (Å²) in [5.41, 5.74) is 0.689. The number of aliphatic hydroxyl groups is 1. The second-order valence-electron chi connectivity index (χ2n) is 6.11. The molecule has 0 radical (unpaired) electrons. The number of ether oxygens (including phenoxy) is 1. The van der Waals surface area contributed by atoms with Crippen LogP contribution in [0.4, 0.5) is 10.5 Å². The number of aliphatic hydroxyl groups excluding tert-OH is 1. The minimum absolute atomic E-state index is 0.144. The number of hydrogen-bond donors (Lipinski definition) is 2. The van der Waals surface area contributed by atoms with Crippen molar-refractivity contribution in [1.29, 1.82) is 0 Å². The van der Waals surface area contributed by atoms with E-state index in [4.69, 9.17) is 4.74 Å². The molecule has 0 aliphatic carbocycles. The quantitative estimate of drug-likeness (QED) is 0.900. The van der Waals surface area contributed by atoms with E-state index in [0.717, 1.165) is 12.2 Å². The Morgan fingerprint density at radius 2 is 1.96 bits per heavy atom. The van der Waals surface area contributed by atoms with Crippen molar-refractivity contribution in [1.82, 2.24) is 4.90 Å². The lowest BCUT2D eigenvalue weighted by Gasteiger charge is -2.18. The standard InChI is InChI=1S/C19H22N2O3/c1-14(22)15-10-11-21(13-15)19(23)20-16-6-5-9-18(12-16)24-17-7-3-2-4-8-17/h2-9,12,14-15,22H,10-11,13H2,1H3,(H,20,23)/t14-,15+/m0/s1. The highest BCUT2D eigenvalue weighted by molar-refractivity contribution is 5.89. The molecule has 1 heterocycles. The number of hydrogen-bond acceptors (Lipinski definition) is 3. The van der Waals surface area contributed by atoms with Crippen LogP contribution in [0, 0.1) is 5.92 Å². The first-order chi connectivity index (χ1) is 11.6. The fourth-order valence-electron chi connectivity index (χ4n) is 2.83. The third kappa shape index (κ3) is 4.06. The molecule has 1 aliphatic rings. The second-order valence-corrected chi connectivity index (χ2v) is 6.11. The highest BCUT2D eigenvalue weighted by Crippen LogP contribution is 2.25. The van der Waals surface area contributed by atoms with Crippen LogP contribution in [-0.2, 0) is 0 Å². The summed E-state index contributed by atoms with van der Waals surface area (Å²) in [4.78, 5) is 14.1. The van der Waals surface area contributed by atoms with E-state index in [2.05, 4.69) is 5.32 Å². The SMILES string of the molecule is C[C@H](O)[C@@H]1CCN(C(=O)Nc2cccc(Oc3ccccc3)c2)C1. The fraction of sp³-hybridized carbons (Fsp3) is 0.316. The first-order valence-electron chi connectivity index (χ1n) is 8.19. The molecular weight excluding hydrogens is 304 g/mol. The van der Waals surface area contributed by atoms with Gasteiger partial charge in [0.15, 0.2) is 0 Å². The van der Waals surface area contributed by atoms with Crippen LogP contribution in [-0.4, -0.2) is 35.2 Å². The number of benzene rings is 2. The molecule has 5 nitrogen and oxygen atoms in total. The second kappa shape index (κ2) is 7.36. The minimum atomic E-state index is -0.384. The number of nitrogens with one attached hydrogen (secondary N) is 1. The van der Waals surface area contributed by atoms with Gasteiger partial charge in [-0.05, 0) is 37.6 Å². The van der Waals surface area contributed by atoms with Crippen molar-refractivity contribution in [2.24, 2.45) is 5.92 Å². The van der Waals surface area contributed by atoms with Gasteiger partial charge >= 0.3 is 6.03 Å². The smallest absolute Gasteiger partial charge is 0.321 e. The van der Waals surface area contributed by atoms with E-state index in [0.29, 0.717) is 24.5 Å². The van der Waals surface area contributed by atoms with E-state index in [1.165, 1.54) is 0 Å². The van der Waals surface area contributed by atoms with Gasteiger partial charge in [-0.2, -0.15) is 0 Å². The molecule has 0 spiro atoms. The molecule has 2 aromatic carbocycles. The maximum atomic E-state index is 12.3. The molecule has 0 aromatic heterocycles. The lowest BCUT2D eigenvalue weighted by Crippen LogP contribution is -2.34. The normalized spacial score (nSPS) is 18.2. The van der Waals surface area contributed by atoms with E-state index in [1.807, 2.05) is 48.5 Å². The van der Waals surface area contributed by atoms with Gasteiger partial charge in [0, 0.05) is 30.8 Å². The van der Waals surface area contributed by atoms with Crippen LogP contribution < -0.4 is 10.1 Å². The van der Waals surface area contributed by atoms with Gasteiger partial charge in [0.2, 0.25) is 0 Å². The van der Waals surface area contributed by atoms with Crippen molar-refractivity contribution in [3.05, 3.63) is 54.6 Å². The zero-order valence-electron chi connectivity index (χ0n) is 13.7. The van der Waals surface area contributed by atoms with Gasteiger partial charge < -0.3 is 20.1 Å². The summed E-state index contributed by atoms with van der Waals surface area (Å²) in [7, 11) is 0. The summed E-state index contributed by atoms with van der Waals surface area (Å²) in [6.07, 6.45) is 0.452. The van der Waals surface area contributed by atoms with Gasteiger partial charge in [-0.25, -0.2) is 4.79 Å². The van der Waals surface area contributed by atoms with Crippen molar-refractivity contribution in [3.8, 4) is 11.5 Å². The van der Waals surface area contributed by atoms with Gasteiger partial charge in [0.1, 0.15) is 11.5 Å². The summed E-state index contributed by atoms with van der Waals surface area (Å²) < 4.78 is 5.78. The van der Waals surface area contributed by atoms with Crippen LogP contribution in [0.1, 0.15) is 13.3 Å². The monoisotopic (exact) mass is 326 g/mol. The van der Waals surface area contributed by atoms with Crippen molar-refractivity contribution < 1.29 is 14.6 Å². The number of para-hydroxylation sites is 1. The molecule has 5 heteroatoms. The van der Waals surface area contributed by atoms with Crippen LogP contribution in [0.2, 0.25) is 0 Å². The lowest BCUT2D eigenvalue weighted by atomic mass is 10.0. The molecule has 24 heavy (non-hydrogen) atoms. The van der Waals surface area contributed by atoms with E-state index in [9.17, 15) is 9.90 Å². The third-order valence-corrected chi connectivity index (χ3v) is 4.26. The Bertz CT molecular complexity index is 688. The summed E-state index contributed by atoms with van der Waals surface area (Å²) in [6, 6.07) is 16.7. The fourth-order valence-corrected chi connectivity index (χ4v) is 2.83. The van der Waals surface area contributed by atoms with Crippen LogP contribution in [0.25, 0.3) is 0 Å². The third-order valence-electron chi connectivity index (χ3n) is 4.26. The predicted octanol–water partition coefficient (Wildman–Crippen LogP) is 3.71. The van der Waals surface area contributed by atoms with Gasteiger partial charge in [-0.15, -0.1) is 0 Å². The summed E-state index contributed by atoms with van der Waals surface area (Å²) in [5, 5.41) is 12.5. The topological polar surface area (TPSA) is 61.8 Å². The highest BCUT2D eigenvalue weighted by atomic mass is 16.5. The van der Waals surface area contributed by atoms with Crippen molar-refractivity contribution >= 4 is 11.7 Å². The molecule has 126 valence electrons. The molecule has 1 saturated heterocycles. The minimum Gasteiger partial charge on any atom is -0.457 e. The van der Waals surface area contributed by atoms with E-state index in [1.54, 1.807) is 17.9 Å². The predicted molar refractivity (Wildman–Crippen MR) is 93.3 cm³/mol. The van der Waals surface area contributed by atoms with Crippen molar-refractivity contribution in [3.63, 3.8) is 0 Å². The molecule has 1 fully saturated rings. The number of anilines is 1. The van der Waals surface area contributed by atoms with Crippen LogP contribution in [0.15, 0.2) is 54.6 Å². The molecule has 2 amide bonds. The van der Waals surface area contributed by atoms with Crippen molar-refractivity contribution in [2.75, 3.05) is 18.4 Å². The number of carbonyl (C=O) groups excluding carboxylic acids is 1. The van der Waals surface area contributed by atoms with E-state index >= 15 is 0 Å². The Hall–Kier alpha value is -2.53. The summed E-state index contributed by atoms with van der Waals surface area (Å²) >= 11 is 0. The Morgan fingerprint density at radius 1 is 1.21 bits per heavy atom. The largest absolute Gasteiger partial charge is 0.457 e. The van der Waals surface area contributed by atoms with Crippen LogP contribution >= 0.6 is 0 Å². The Kier molecular flexibility index (Phi) is 5.01. The lowest BCUT2D eigenvalue weighted by molar-refractivity contribution is 0.130. The number of carbonyl (C=O) groups is 1. The van der Waals surface area contributed by atoms with Crippen molar-refractivity contribution in [2.45, 2.75) is 19.4 Å². The van der Waals surface area contributed by atoms with E-state index in [-0.39, 0.29) is 18.1 Å². The summed E-state index contributed by atoms with van der Waals surface area (Å²) in [6.45, 7) is 3.03. The molecule has 1 aliphatic heterocycles. The molecule has 2 aromatic rings. The zero-order valence-corrected chi connectivity index (χ0v) is 13.7. The van der Waals surface area contributed by atoms with Crippen LogP contribution in [0.3, 0.4) is 0 Å². The average molecular weight is 326 g/mol. The van der Waals surface area contributed by atoms with Crippen LogP contribution in [0.5, 0.6) is 11.5 Å². The number of nitrogens with zero attached hydrogens (tertiary/aromatic N) is 1. The molecule has 2 atom stereocenters. The molecule has 0 bridgehead atoms. The van der Waals surface area contributed by atoms with Gasteiger partial charge in [0.25, 0.3) is 0 Å². The maximum Gasteiger partial charge on any atom is 0.321 e. The number of likely N-dealkylation sites (tertiary alicyclic amines) is 1. The zero-order chi connectivity index (χ0) is 16.9. The molecule has 0 saturated carbocycles. The number of urea groups is 1. The Balaban J connectivity index is 1.61. The number of amides is 2. The molecule has 3 rings (SSSR count). The van der Waals surface area contributed by atoms with E-state index < -0.39 is 0 Å². The number of rotatable bonds is 4. The van der Waals surface area contributed by atoms with Gasteiger partial charge in [0.05, 0.1) is 6.10 Å². The average Bonchev–Trinajstić information content (AvgIpc) is 3.06. The maximum absolute atomic E-state index is 12.3. The molecule has 0 unspecified atom stereocenters. The van der Waals surface area contributed by atoms with Gasteiger partial charge in [-0.3, -0.25) is 0 Å². The Morgan fingerprint density at radius 3 is 2.67 bits per heavy atom. The van der Waals surface area contributed by atoms with Gasteiger partial charge in [-0.1, -0.05) is 24.3 Å².